The molecule has 0 saturated carbocycles. The van der Waals surface area contributed by atoms with Crippen LogP contribution in [0.3, 0.4) is 0 Å². The summed E-state index contributed by atoms with van der Waals surface area (Å²) in [5, 5.41) is 10.0. The molecule has 0 saturated heterocycles. The third-order valence-electron chi connectivity index (χ3n) is 3.21. The summed E-state index contributed by atoms with van der Waals surface area (Å²) in [4.78, 5) is 25.3. The summed E-state index contributed by atoms with van der Waals surface area (Å²) in [6.45, 7) is 5.26. The summed E-state index contributed by atoms with van der Waals surface area (Å²) in [6.07, 6.45) is -3.02. The van der Waals surface area contributed by atoms with Crippen molar-refractivity contribution in [1.29, 1.82) is 0 Å². The molecule has 0 spiro atoms. The minimum atomic E-state index is -1.50. The van der Waals surface area contributed by atoms with Gasteiger partial charge < -0.3 is 19.3 Å². The molecule has 0 fully saturated rings. The largest absolute Gasteiger partial charge is 0.483 e. The predicted octanol–water partition coefficient (Wildman–Crippen LogP) is 1.72. The van der Waals surface area contributed by atoms with Crippen molar-refractivity contribution in [3.05, 3.63) is 24.3 Å². The van der Waals surface area contributed by atoms with Gasteiger partial charge in [-0.05, 0) is 32.9 Å². The van der Waals surface area contributed by atoms with Gasteiger partial charge in [0.25, 0.3) is 0 Å². The fourth-order valence-electron chi connectivity index (χ4n) is 2.19. The van der Waals surface area contributed by atoms with E-state index in [1.54, 1.807) is 45.0 Å². The van der Waals surface area contributed by atoms with Crippen molar-refractivity contribution in [2.45, 2.75) is 38.6 Å². The van der Waals surface area contributed by atoms with Crippen molar-refractivity contribution in [1.82, 2.24) is 0 Å². The maximum atomic E-state index is 12.4. The summed E-state index contributed by atoms with van der Waals surface area (Å²) in [5.41, 5.74) is -0.143. The quantitative estimate of drug-likeness (QED) is 0.834. The van der Waals surface area contributed by atoms with Crippen LogP contribution in [0.15, 0.2) is 24.3 Å². The molecule has 1 aromatic rings. The van der Waals surface area contributed by atoms with Crippen molar-refractivity contribution < 1.29 is 28.9 Å². The molecule has 1 aliphatic rings. The number of ether oxygens (including phenoxy) is 3. The molecule has 1 amide bonds. The number of aliphatic hydroxyl groups is 1. The highest BCUT2D eigenvalue weighted by Gasteiger charge is 2.38. The van der Waals surface area contributed by atoms with E-state index in [2.05, 4.69) is 4.74 Å². The Morgan fingerprint density at radius 2 is 2.00 bits per heavy atom. The van der Waals surface area contributed by atoms with E-state index >= 15 is 0 Å². The number of aliphatic hydroxyl groups excluding tert-OH is 1. The first-order valence-corrected chi connectivity index (χ1v) is 7.25. The van der Waals surface area contributed by atoms with Gasteiger partial charge >= 0.3 is 12.1 Å². The van der Waals surface area contributed by atoms with Crippen LogP contribution in [-0.4, -0.2) is 48.6 Å². The summed E-state index contributed by atoms with van der Waals surface area (Å²) in [6, 6.07) is 6.86. The lowest BCUT2D eigenvalue weighted by Gasteiger charge is -2.36. The van der Waals surface area contributed by atoms with Gasteiger partial charge in [-0.3, -0.25) is 4.90 Å². The van der Waals surface area contributed by atoms with E-state index in [1.165, 1.54) is 12.0 Å². The molecule has 2 unspecified atom stereocenters. The fourth-order valence-corrected chi connectivity index (χ4v) is 2.19. The van der Waals surface area contributed by atoms with Crippen LogP contribution >= 0.6 is 0 Å². The smallest absolute Gasteiger partial charge is 0.415 e. The third-order valence-corrected chi connectivity index (χ3v) is 3.21. The summed E-state index contributed by atoms with van der Waals surface area (Å²) in [5.74, 6) is -0.434. The number of carbonyl (C=O) groups excluding carboxylic acids is 2. The molecule has 1 heterocycles. The van der Waals surface area contributed by atoms with Crippen LogP contribution in [0.5, 0.6) is 5.75 Å². The van der Waals surface area contributed by atoms with Crippen LogP contribution in [0, 0.1) is 0 Å². The normalized spacial score (nSPS) is 18.5. The molecule has 1 aliphatic heterocycles. The van der Waals surface area contributed by atoms with Gasteiger partial charge in [0, 0.05) is 0 Å². The fraction of sp³-hybridized carbons (Fsp3) is 0.500. The average Bonchev–Trinajstić information content (AvgIpc) is 2.50. The number of amides is 1. The number of carbonyl (C=O) groups is 2. The maximum absolute atomic E-state index is 12.4. The number of hydrogen-bond donors (Lipinski definition) is 1. The van der Waals surface area contributed by atoms with Gasteiger partial charge in [0.2, 0.25) is 0 Å². The van der Waals surface area contributed by atoms with Crippen molar-refractivity contribution in [2.24, 2.45) is 0 Å². The highest BCUT2D eigenvalue weighted by Crippen LogP contribution is 2.34. The second kappa shape index (κ2) is 6.45. The Morgan fingerprint density at radius 1 is 1.35 bits per heavy atom. The number of fused-ring (bicyclic) bond motifs is 1. The summed E-state index contributed by atoms with van der Waals surface area (Å²) in [7, 11) is 1.17. The highest BCUT2D eigenvalue weighted by molar-refractivity contribution is 5.91. The number of esters is 1. The number of para-hydroxylation sites is 2. The zero-order chi connectivity index (χ0) is 17.2. The topological polar surface area (TPSA) is 85.3 Å². The first kappa shape index (κ1) is 17.1. The van der Waals surface area contributed by atoms with Crippen molar-refractivity contribution in [2.75, 3.05) is 18.6 Å². The first-order chi connectivity index (χ1) is 10.7. The van der Waals surface area contributed by atoms with Gasteiger partial charge in [-0.15, -0.1) is 0 Å². The maximum Gasteiger partial charge on any atom is 0.415 e. The van der Waals surface area contributed by atoms with Crippen LogP contribution < -0.4 is 9.64 Å². The average molecular weight is 323 g/mol. The molecule has 7 nitrogen and oxygen atoms in total. The third kappa shape index (κ3) is 3.92. The van der Waals surface area contributed by atoms with Crippen LogP contribution in [0.1, 0.15) is 20.8 Å². The Bertz CT molecular complexity index is 594. The minimum absolute atomic E-state index is 0.0256. The van der Waals surface area contributed by atoms with E-state index in [0.717, 1.165) is 0 Å². The number of anilines is 1. The van der Waals surface area contributed by atoms with Gasteiger partial charge in [0.1, 0.15) is 11.4 Å². The first-order valence-electron chi connectivity index (χ1n) is 7.25. The van der Waals surface area contributed by atoms with Gasteiger partial charge in [-0.2, -0.15) is 0 Å². The van der Waals surface area contributed by atoms with E-state index < -0.39 is 29.9 Å². The Morgan fingerprint density at radius 3 is 2.61 bits per heavy atom. The van der Waals surface area contributed by atoms with Crippen LogP contribution in [-0.2, 0) is 14.3 Å². The lowest BCUT2D eigenvalue weighted by Crippen LogP contribution is -2.52. The van der Waals surface area contributed by atoms with Crippen molar-refractivity contribution in [3.63, 3.8) is 0 Å². The molecule has 0 bridgehead atoms. The van der Waals surface area contributed by atoms with E-state index in [-0.39, 0.29) is 6.54 Å². The molecule has 126 valence electrons. The number of hydrogen-bond acceptors (Lipinski definition) is 6. The monoisotopic (exact) mass is 323 g/mol. The summed E-state index contributed by atoms with van der Waals surface area (Å²) >= 11 is 0. The van der Waals surface area contributed by atoms with Crippen LogP contribution in [0.2, 0.25) is 0 Å². The zero-order valence-corrected chi connectivity index (χ0v) is 13.6. The molecular formula is C16H21NO6. The minimum Gasteiger partial charge on any atom is -0.483 e. The van der Waals surface area contributed by atoms with E-state index in [1.807, 2.05) is 0 Å². The SMILES string of the molecule is COC(=O)C(O)C1CN(C(=O)OC(C)(C)C)c2ccccc2O1. The highest BCUT2D eigenvalue weighted by atomic mass is 16.6. The second-order valence-corrected chi connectivity index (χ2v) is 6.18. The molecule has 1 aromatic carbocycles. The number of rotatable bonds is 2. The van der Waals surface area contributed by atoms with Crippen molar-refractivity contribution >= 4 is 17.7 Å². The van der Waals surface area contributed by atoms with Gasteiger partial charge in [-0.1, -0.05) is 12.1 Å². The van der Waals surface area contributed by atoms with E-state index in [0.29, 0.717) is 11.4 Å². The molecular weight excluding hydrogens is 302 g/mol. The number of methoxy groups -OCH3 is 1. The van der Waals surface area contributed by atoms with Gasteiger partial charge in [0.15, 0.2) is 12.2 Å². The molecule has 2 atom stereocenters. The molecule has 0 aliphatic carbocycles. The molecule has 23 heavy (non-hydrogen) atoms. The van der Waals surface area contributed by atoms with Crippen LogP contribution in [0.4, 0.5) is 10.5 Å². The molecule has 0 radical (unpaired) electrons. The van der Waals surface area contributed by atoms with Gasteiger partial charge in [-0.25, -0.2) is 9.59 Å². The van der Waals surface area contributed by atoms with Crippen molar-refractivity contribution in [3.8, 4) is 5.75 Å². The molecule has 2 rings (SSSR count). The Labute approximate surface area is 134 Å². The van der Waals surface area contributed by atoms with Crippen LogP contribution in [0.25, 0.3) is 0 Å². The Hall–Kier alpha value is -2.28. The Balaban J connectivity index is 2.29. The summed E-state index contributed by atoms with van der Waals surface area (Å²) < 4.78 is 15.5. The van der Waals surface area contributed by atoms with Gasteiger partial charge in [0.05, 0.1) is 19.3 Å². The Kier molecular flexibility index (Phi) is 4.79. The standard InChI is InChI=1S/C16H21NO6/c1-16(2,3)23-15(20)17-9-12(13(18)14(19)21-4)22-11-8-6-5-7-10(11)17/h5-8,12-13,18H,9H2,1-4H3. The van der Waals surface area contributed by atoms with E-state index in [4.69, 9.17) is 9.47 Å². The zero-order valence-electron chi connectivity index (χ0n) is 13.6. The number of nitrogens with zero attached hydrogens (tertiary/aromatic N) is 1. The number of benzene rings is 1. The van der Waals surface area contributed by atoms with E-state index in [9.17, 15) is 14.7 Å². The lowest BCUT2D eigenvalue weighted by molar-refractivity contribution is -0.155. The lowest BCUT2D eigenvalue weighted by atomic mass is 10.1. The molecule has 0 aromatic heterocycles. The molecule has 7 heteroatoms. The second-order valence-electron chi connectivity index (χ2n) is 6.18. The molecule has 1 N–H and O–H groups in total. The predicted molar refractivity (Wildman–Crippen MR) is 82.5 cm³/mol.